The molecule has 2 aromatic rings. The van der Waals surface area contributed by atoms with Gasteiger partial charge in [0.25, 0.3) is 0 Å². The van der Waals surface area contributed by atoms with Gasteiger partial charge in [-0.3, -0.25) is 9.25 Å². The Morgan fingerprint density at radius 1 is 1.32 bits per heavy atom. The lowest BCUT2D eigenvalue weighted by atomic mass is 10.0. The van der Waals surface area contributed by atoms with E-state index in [-0.39, 0.29) is 0 Å². The molecule has 0 aromatic carbocycles. The molecule has 3 rings (SSSR count). The summed E-state index contributed by atoms with van der Waals surface area (Å²) in [7, 11) is 4.15. The number of anilines is 1. The van der Waals surface area contributed by atoms with Crippen molar-refractivity contribution in [2.75, 3.05) is 19.3 Å². The van der Waals surface area contributed by atoms with Gasteiger partial charge in [0.1, 0.15) is 5.52 Å². The number of imidazole rings is 1. The highest BCUT2D eigenvalue weighted by atomic mass is 15.4. The summed E-state index contributed by atoms with van der Waals surface area (Å²) >= 11 is 0. The van der Waals surface area contributed by atoms with Crippen LogP contribution in [0.15, 0.2) is 0 Å². The first-order valence-corrected chi connectivity index (χ1v) is 6.93. The molecule has 0 spiro atoms. The van der Waals surface area contributed by atoms with E-state index in [2.05, 4.69) is 26.6 Å². The Kier molecular flexibility index (Phi) is 2.97. The Bertz CT molecular complexity index is 596. The fraction of sp³-hybridized carbons (Fsp3) is 0.692. The second kappa shape index (κ2) is 4.52. The van der Waals surface area contributed by atoms with E-state index in [1.165, 1.54) is 25.8 Å². The molecule has 0 amide bonds. The average molecular weight is 262 g/mol. The molecule has 6 nitrogen and oxygen atoms in total. The fourth-order valence-electron chi connectivity index (χ4n) is 3.12. The molecule has 2 N–H and O–H groups in total. The molecule has 1 unspecified atom stereocenters. The van der Waals surface area contributed by atoms with Crippen LogP contribution in [-0.4, -0.2) is 43.9 Å². The predicted molar refractivity (Wildman–Crippen MR) is 75.9 cm³/mol. The number of likely N-dealkylation sites (tertiary alicyclic amines) is 1. The van der Waals surface area contributed by atoms with Gasteiger partial charge in [-0.05, 0) is 33.4 Å². The second-order valence-electron chi connectivity index (χ2n) is 5.59. The molecule has 19 heavy (non-hydrogen) atoms. The summed E-state index contributed by atoms with van der Waals surface area (Å²) in [5.74, 6) is 0.602. The first-order valence-electron chi connectivity index (χ1n) is 6.93. The zero-order valence-corrected chi connectivity index (χ0v) is 11.9. The number of nitrogen functional groups attached to an aromatic ring is 1. The number of hydrogen-bond donors (Lipinski definition) is 1. The number of nitrogens with zero attached hydrogens (tertiary/aromatic N) is 5. The number of fused-ring (bicyclic) bond motifs is 1. The Morgan fingerprint density at radius 3 is 2.84 bits per heavy atom. The molecule has 1 saturated heterocycles. The highest BCUT2D eigenvalue weighted by Crippen LogP contribution is 2.23. The third-order valence-corrected chi connectivity index (χ3v) is 4.23. The summed E-state index contributed by atoms with van der Waals surface area (Å²) in [6, 6.07) is 0.545. The van der Waals surface area contributed by atoms with Crippen molar-refractivity contribution in [2.45, 2.75) is 38.8 Å². The Labute approximate surface area is 113 Å². The van der Waals surface area contributed by atoms with Crippen LogP contribution in [0.25, 0.3) is 11.2 Å². The quantitative estimate of drug-likeness (QED) is 0.881. The van der Waals surface area contributed by atoms with Crippen LogP contribution in [0.5, 0.6) is 0 Å². The highest BCUT2D eigenvalue weighted by molar-refractivity contribution is 5.77. The van der Waals surface area contributed by atoms with Gasteiger partial charge >= 0.3 is 0 Å². The first kappa shape index (κ1) is 12.5. The molecule has 1 aliphatic rings. The third kappa shape index (κ3) is 2.00. The van der Waals surface area contributed by atoms with Crippen LogP contribution in [0.4, 0.5) is 5.95 Å². The van der Waals surface area contributed by atoms with Crippen LogP contribution in [0, 0.1) is 6.92 Å². The van der Waals surface area contributed by atoms with Gasteiger partial charge in [0.2, 0.25) is 5.95 Å². The number of hydrogen-bond acceptors (Lipinski definition) is 4. The molecule has 0 radical (unpaired) electrons. The van der Waals surface area contributed by atoms with E-state index >= 15 is 0 Å². The summed E-state index contributed by atoms with van der Waals surface area (Å²) < 4.78 is 4.00. The molecule has 2 aromatic heterocycles. The Hall–Kier alpha value is -1.56. The minimum Gasteiger partial charge on any atom is -0.369 e. The topological polar surface area (TPSA) is 64.9 Å². The Morgan fingerprint density at radius 2 is 2.11 bits per heavy atom. The molecule has 104 valence electrons. The van der Waals surface area contributed by atoms with Crippen LogP contribution in [0.3, 0.4) is 0 Å². The van der Waals surface area contributed by atoms with Crippen molar-refractivity contribution >= 4 is 17.1 Å². The maximum Gasteiger partial charge on any atom is 0.202 e. The SMILES string of the molecule is Cc1nn(C)c2c1nc(N)n2CC1CCCCN1C. The summed E-state index contributed by atoms with van der Waals surface area (Å²) in [6.07, 6.45) is 3.83. The van der Waals surface area contributed by atoms with Crippen molar-refractivity contribution in [3.8, 4) is 0 Å². The summed E-state index contributed by atoms with van der Waals surface area (Å²) in [5.41, 5.74) is 9.00. The molecular formula is C13H22N6. The number of piperidine rings is 1. The zero-order valence-electron chi connectivity index (χ0n) is 11.9. The smallest absolute Gasteiger partial charge is 0.202 e. The van der Waals surface area contributed by atoms with Gasteiger partial charge < -0.3 is 10.6 Å². The van der Waals surface area contributed by atoms with E-state index in [1.807, 2.05) is 18.7 Å². The van der Waals surface area contributed by atoms with E-state index in [0.717, 1.165) is 23.4 Å². The van der Waals surface area contributed by atoms with Gasteiger partial charge in [-0.1, -0.05) is 6.42 Å². The number of likely N-dealkylation sites (N-methyl/N-ethyl adjacent to an activating group) is 1. The van der Waals surface area contributed by atoms with E-state index in [0.29, 0.717) is 12.0 Å². The molecule has 0 saturated carbocycles. The second-order valence-corrected chi connectivity index (χ2v) is 5.59. The molecule has 0 aliphatic carbocycles. The standard InChI is InChI=1S/C13H22N6/c1-9-11-12(18(3)16-9)19(13(14)15-11)8-10-6-4-5-7-17(10)2/h10H,4-8H2,1-3H3,(H2,14,15). The summed E-state index contributed by atoms with van der Waals surface area (Å²) in [5, 5.41) is 4.43. The van der Waals surface area contributed by atoms with E-state index < -0.39 is 0 Å². The summed E-state index contributed by atoms with van der Waals surface area (Å²) in [6.45, 7) is 4.05. The molecule has 1 fully saturated rings. The van der Waals surface area contributed by atoms with Crippen molar-refractivity contribution in [2.24, 2.45) is 7.05 Å². The lowest BCUT2D eigenvalue weighted by molar-refractivity contribution is 0.169. The minimum absolute atomic E-state index is 0.545. The monoisotopic (exact) mass is 262 g/mol. The molecule has 3 heterocycles. The average Bonchev–Trinajstić information content (AvgIpc) is 2.82. The molecule has 0 bridgehead atoms. The number of aromatic nitrogens is 4. The lowest BCUT2D eigenvalue weighted by Crippen LogP contribution is -2.39. The van der Waals surface area contributed by atoms with Gasteiger partial charge in [0, 0.05) is 19.6 Å². The van der Waals surface area contributed by atoms with Gasteiger partial charge in [0.05, 0.1) is 5.69 Å². The van der Waals surface area contributed by atoms with Crippen LogP contribution < -0.4 is 5.73 Å². The van der Waals surface area contributed by atoms with Crippen LogP contribution in [0.2, 0.25) is 0 Å². The lowest BCUT2D eigenvalue weighted by Gasteiger charge is -2.32. The van der Waals surface area contributed by atoms with Crippen molar-refractivity contribution in [1.29, 1.82) is 0 Å². The first-order chi connectivity index (χ1) is 9.08. The number of aryl methyl sites for hydroxylation is 2. The molecular weight excluding hydrogens is 240 g/mol. The zero-order chi connectivity index (χ0) is 13.6. The largest absolute Gasteiger partial charge is 0.369 e. The van der Waals surface area contributed by atoms with Crippen LogP contribution in [0.1, 0.15) is 25.0 Å². The van der Waals surface area contributed by atoms with Crippen molar-refractivity contribution in [3.63, 3.8) is 0 Å². The van der Waals surface area contributed by atoms with Crippen molar-refractivity contribution in [3.05, 3.63) is 5.69 Å². The molecule has 6 heteroatoms. The third-order valence-electron chi connectivity index (χ3n) is 4.23. The summed E-state index contributed by atoms with van der Waals surface area (Å²) in [4.78, 5) is 6.89. The normalized spacial score (nSPS) is 21.3. The van der Waals surface area contributed by atoms with Gasteiger partial charge in [-0.25, -0.2) is 4.98 Å². The van der Waals surface area contributed by atoms with Gasteiger partial charge in [0.15, 0.2) is 5.65 Å². The van der Waals surface area contributed by atoms with Crippen LogP contribution >= 0.6 is 0 Å². The van der Waals surface area contributed by atoms with E-state index in [4.69, 9.17) is 5.73 Å². The van der Waals surface area contributed by atoms with Crippen molar-refractivity contribution in [1.82, 2.24) is 24.2 Å². The van der Waals surface area contributed by atoms with E-state index in [1.54, 1.807) is 0 Å². The van der Waals surface area contributed by atoms with Crippen molar-refractivity contribution < 1.29 is 0 Å². The van der Waals surface area contributed by atoms with Gasteiger partial charge in [-0.15, -0.1) is 0 Å². The minimum atomic E-state index is 0.545. The Balaban J connectivity index is 1.97. The maximum absolute atomic E-state index is 6.09. The highest BCUT2D eigenvalue weighted by Gasteiger charge is 2.23. The fourth-order valence-corrected chi connectivity index (χ4v) is 3.12. The van der Waals surface area contributed by atoms with Crippen LogP contribution in [-0.2, 0) is 13.6 Å². The van der Waals surface area contributed by atoms with E-state index in [9.17, 15) is 0 Å². The number of rotatable bonds is 2. The predicted octanol–water partition coefficient (Wildman–Crippen LogP) is 1.14. The number of nitrogens with two attached hydrogens (primary N) is 1. The molecule has 1 aliphatic heterocycles. The maximum atomic E-state index is 6.09. The molecule has 1 atom stereocenters. The van der Waals surface area contributed by atoms with Gasteiger partial charge in [-0.2, -0.15) is 5.10 Å².